The summed E-state index contributed by atoms with van der Waals surface area (Å²) in [7, 11) is -4.73. The van der Waals surface area contributed by atoms with Gasteiger partial charge < -0.3 is 24.6 Å². The van der Waals surface area contributed by atoms with E-state index in [0.717, 1.165) is 0 Å². The number of rotatable bonds is 8. The summed E-state index contributed by atoms with van der Waals surface area (Å²) in [6.07, 6.45) is -0.0538. The van der Waals surface area contributed by atoms with E-state index in [9.17, 15) is 23.9 Å². The summed E-state index contributed by atoms with van der Waals surface area (Å²) in [5.41, 5.74) is -2.72. The van der Waals surface area contributed by atoms with Gasteiger partial charge in [0.15, 0.2) is 0 Å². The lowest BCUT2D eigenvalue weighted by atomic mass is 10.1. The smallest absolute Gasteiger partial charge is 0.332 e. The number of ether oxygens (including phenoxy) is 2. The van der Waals surface area contributed by atoms with Crippen LogP contribution in [0.1, 0.15) is 41.0 Å². The van der Waals surface area contributed by atoms with Gasteiger partial charge in [0.2, 0.25) is 0 Å². The Hall–Kier alpha value is -0.990. The van der Waals surface area contributed by atoms with Gasteiger partial charge in [-0.3, -0.25) is 9.36 Å². The van der Waals surface area contributed by atoms with Gasteiger partial charge in [-0.25, -0.2) is 9.69 Å². The molecule has 1 unspecified atom stereocenters. The summed E-state index contributed by atoms with van der Waals surface area (Å²) in [5, 5.41) is 2.47. The van der Waals surface area contributed by atoms with E-state index in [1.165, 1.54) is 20.8 Å². The predicted octanol–water partition coefficient (Wildman–Crippen LogP) is 1.000. The van der Waals surface area contributed by atoms with Crippen molar-refractivity contribution in [2.75, 3.05) is 13.2 Å². The van der Waals surface area contributed by atoms with Crippen LogP contribution in [0.3, 0.4) is 0 Å². The number of nitrogens with zero attached hydrogens (tertiary/aromatic N) is 1. The average Bonchev–Trinajstić information content (AvgIpc) is 2.57. The van der Waals surface area contributed by atoms with Crippen LogP contribution in [0.2, 0.25) is 0 Å². The largest absolute Gasteiger partial charge is 0.336 e. The van der Waals surface area contributed by atoms with Crippen LogP contribution >= 0.6 is 7.60 Å². The van der Waals surface area contributed by atoms with Crippen LogP contribution in [0, 0.1) is 0 Å². The minimum atomic E-state index is -4.73. The fourth-order valence-electron chi connectivity index (χ4n) is 2.67. The Morgan fingerprint density at radius 3 is 1.96 bits per heavy atom. The molecule has 0 aromatic carbocycles. The van der Waals surface area contributed by atoms with Gasteiger partial charge in [0.05, 0.1) is 0 Å². The monoisotopic (exact) mass is 352 g/mol. The predicted molar refractivity (Wildman–Crippen MR) is 81.6 cm³/mol. The minimum Gasteiger partial charge on any atom is -0.332 e. The number of carbonyl (C=O) groups excluding carboxylic acids is 2. The van der Waals surface area contributed by atoms with Gasteiger partial charge >= 0.3 is 13.6 Å². The highest BCUT2D eigenvalue weighted by Crippen LogP contribution is 2.51. The molecule has 1 fully saturated rings. The number of imide groups is 1. The fraction of sp³-hybridized carbons (Fsp3) is 0.846. The molecule has 0 aromatic heterocycles. The molecule has 1 rings (SSSR count). The Balaban J connectivity index is 3.54. The van der Waals surface area contributed by atoms with Crippen molar-refractivity contribution >= 4 is 19.5 Å². The van der Waals surface area contributed by atoms with Crippen molar-refractivity contribution in [2.24, 2.45) is 0 Å². The zero-order valence-electron chi connectivity index (χ0n) is 14.0. The molecule has 1 aliphatic rings. The van der Waals surface area contributed by atoms with Crippen LogP contribution < -0.4 is 5.32 Å². The van der Waals surface area contributed by atoms with Crippen LogP contribution in [0.4, 0.5) is 4.79 Å². The van der Waals surface area contributed by atoms with Crippen molar-refractivity contribution in [2.45, 2.75) is 58.1 Å². The summed E-state index contributed by atoms with van der Waals surface area (Å²) in [4.78, 5) is 45.0. The summed E-state index contributed by atoms with van der Waals surface area (Å²) in [6.45, 7) is 7.68. The molecular formula is C13H25N2O7P. The average molecular weight is 352 g/mol. The standard InChI is InChI=1S/C13H25N2O7P/c1-6-9(23(18,19)20)13(21-7-2,22-8-3)15-10(16)12(4,5)14-11(15)17/h9H,6-8H2,1-5H3,(H,14,17)(H2,18,19,20). The van der Waals surface area contributed by atoms with Crippen molar-refractivity contribution in [1.82, 2.24) is 10.2 Å². The molecule has 10 heteroatoms. The molecule has 3 N–H and O–H groups in total. The Kier molecular flexibility index (Phi) is 5.98. The summed E-state index contributed by atoms with van der Waals surface area (Å²) >= 11 is 0. The SMILES string of the molecule is CCOC(OCC)(C(CC)P(=O)(O)O)N1C(=O)NC(C)(C)C1=O. The highest BCUT2D eigenvalue weighted by Gasteiger charge is 2.62. The number of carbonyl (C=O) groups is 2. The van der Waals surface area contributed by atoms with E-state index in [0.29, 0.717) is 4.90 Å². The van der Waals surface area contributed by atoms with Crippen molar-refractivity contribution in [3.8, 4) is 0 Å². The molecule has 0 aliphatic carbocycles. The highest BCUT2D eigenvalue weighted by atomic mass is 31.2. The quantitative estimate of drug-likeness (QED) is 0.338. The molecule has 9 nitrogen and oxygen atoms in total. The Bertz CT molecular complexity index is 510. The van der Waals surface area contributed by atoms with Gasteiger partial charge in [-0.15, -0.1) is 0 Å². The van der Waals surface area contributed by atoms with E-state index in [1.807, 2.05) is 0 Å². The third-order valence-electron chi connectivity index (χ3n) is 3.59. The molecule has 0 bridgehead atoms. The van der Waals surface area contributed by atoms with Gasteiger partial charge in [0, 0.05) is 13.2 Å². The van der Waals surface area contributed by atoms with Crippen molar-refractivity contribution in [3.05, 3.63) is 0 Å². The summed E-state index contributed by atoms with van der Waals surface area (Å²) in [5.74, 6) is -2.83. The second kappa shape index (κ2) is 6.86. The zero-order valence-corrected chi connectivity index (χ0v) is 14.9. The first-order valence-electron chi connectivity index (χ1n) is 7.47. The second-order valence-electron chi connectivity index (χ2n) is 5.71. The first-order chi connectivity index (χ1) is 10.5. The number of hydrogen-bond donors (Lipinski definition) is 3. The van der Waals surface area contributed by atoms with E-state index in [2.05, 4.69) is 5.32 Å². The van der Waals surface area contributed by atoms with Gasteiger partial charge in [-0.2, -0.15) is 0 Å². The molecule has 0 aromatic rings. The summed E-state index contributed by atoms with van der Waals surface area (Å²) < 4.78 is 22.9. The number of urea groups is 1. The van der Waals surface area contributed by atoms with E-state index < -0.39 is 36.6 Å². The van der Waals surface area contributed by atoms with E-state index in [1.54, 1.807) is 13.8 Å². The van der Waals surface area contributed by atoms with E-state index in [4.69, 9.17) is 9.47 Å². The van der Waals surface area contributed by atoms with Crippen molar-refractivity contribution < 1.29 is 33.4 Å². The topological polar surface area (TPSA) is 125 Å². The highest BCUT2D eigenvalue weighted by molar-refractivity contribution is 7.52. The third kappa shape index (κ3) is 3.59. The van der Waals surface area contributed by atoms with Crippen molar-refractivity contribution in [1.29, 1.82) is 0 Å². The Morgan fingerprint density at radius 1 is 1.22 bits per heavy atom. The number of amides is 3. The molecule has 1 heterocycles. The normalized spacial score (nSPS) is 19.9. The maximum Gasteiger partial charge on any atom is 0.336 e. The van der Waals surface area contributed by atoms with Gasteiger partial charge in [0.25, 0.3) is 11.8 Å². The molecular weight excluding hydrogens is 327 g/mol. The maximum absolute atomic E-state index is 12.6. The fourth-order valence-corrected chi connectivity index (χ4v) is 3.83. The van der Waals surface area contributed by atoms with Crippen LogP contribution in [-0.4, -0.2) is 56.9 Å². The molecule has 134 valence electrons. The minimum absolute atomic E-state index is 0.00596. The third-order valence-corrected chi connectivity index (χ3v) is 5.09. The Morgan fingerprint density at radius 2 is 1.70 bits per heavy atom. The van der Waals surface area contributed by atoms with Crippen LogP contribution in [-0.2, 0) is 18.8 Å². The molecule has 1 saturated heterocycles. The lowest BCUT2D eigenvalue weighted by Crippen LogP contribution is -2.63. The summed E-state index contributed by atoms with van der Waals surface area (Å²) in [6, 6.07) is -0.811. The molecule has 0 spiro atoms. The maximum atomic E-state index is 12.6. The van der Waals surface area contributed by atoms with Crippen LogP contribution in [0.5, 0.6) is 0 Å². The molecule has 3 amide bonds. The van der Waals surface area contributed by atoms with Gasteiger partial charge in [-0.05, 0) is 34.1 Å². The molecule has 1 aliphatic heterocycles. The molecule has 23 heavy (non-hydrogen) atoms. The molecule has 0 saturated carbocycles. The first-order valence-corrected chi connectivity index (χ1v) is 9.16. The van der Waals surface area contributed by atoms with Crippen molar-refractivity contribution in [3.63, 3.8) is 0 Å². The molecule has 1 atom stereocenters. The zero-order chi connectivity index (χ0) is 18.1. The van der Waals surface area contributed by atoms with Gasteiger partial charge in [0.1, 0.15) is 11.2 Å². The lowest BCUT2D eigenvalue weighted by Gasteiger charge is -2.43. The van der Waals surface area contributed by atoms with Gasteiger partial charge in [-0.1, -0.05) is 6.92 Å². The molecule has 0 radical (unpaired) electrons. The van der Waals surface area contributed by atoms with Crippen LogP contribution in [0.15, 0.2) is 0 Å². The van der Waals surface area contributed by atoms with E-state index >= 15 is 0 Å². The second-order valence-corrected chi connectivity index (χ2v) is 7.51. The van der Waals surface area contributed by atoms with E-state index in [-0.39, 0.29) is 19.6 Å². The first kappa shape index (κ1) is 20.1. The lowest BCUT2D eigenvalue weighted by molar-refractivity contribution is -0.293. The Labute approximate surface area is 135 Å². The van der Waals surface area contributed by atoms with Crippen LogP contribution in [0.25, 0.3) is 0 Å². The number of nitrogens with one attached hydrogen (secondary N) is 1. The number of hydrogen-bond acceptors (Lipinski definition) is 5.